The Morgan fingerprint density at radius 3 is 2.40 bits per heavy atom. The molecular formula is C11H16F3N3O2S. The fourth-order valence-electron chi connectivity index (χ4n) is 1.70. The second kappa shape index (κ2) is 5.94. The number of nitrogens with zero attached hydrogens (tertiary/aromatic N) is 2. The van der Waals surface area contributed by atoms with Crippen LogP contribution in [0.2, 0.25) is 0 Å². The van der Waals surface area contributed by atoms with Gasteiger partial charge in [0, 0.05) is 17.6 Å². The lowest BCUT2D eigenvalue weighted by Crippen LogP contribution is -2.28. The highest BCUT2D eigenvalue weighted by atomic mass is 32.1. The molecule has 0 aromatic carbocycles. The summed E-state index contributed by atoms with van der Waals surface area (Å²) in [7, 11) is 0. The number of carbonyl (C=O) groups is 1. The summed E-state index contributed by atoms with van der Waals surface area (Å²) in [4.78, 5) is 14.1. The summed E-state index contributed by atoms with van der Waals surface area (Å²) >= 11 is 0.573. The van der Waals surface area contributed by atoms with Crippen LogP contribution in [0.25, 0.3) is 0 Å². The number of hydrogen-bond donors (Lipinski definition) is 2. The van der Waals surface area contributed by atoms with E-state index in [4.69, 9.17) is 5.11 Å². The van der Waals surface area contributed by atoms with Crippen LogP contribution in [0.3, 0.4) is 0 Å². The average Bonchev–Trinajstić information content (AvgIpc) is 2.61. The molecule has 1 atom stereocenters. The summed E-state index contributed by atoms with van der Waals surface area (Å²) in [5, 5.41) is 11.5. The second-order valence-corrected chi connectivity index (χ2v) is 6.38. The van der Waals surface area contributed by atoms with Crippen LogP contribution in [0.4, 0.5) is 18.3 Å². The number of alkyl halides is 3. The third-order valence-corrected chi connectivity index (χ3v) is 2.93. The van der Waals surface area contributed by atoms with Crippen molar-refractivity contribution in [2.45, 2.75) is 45.8 Å². The Labute approximate surface area is 118 Å². The Balaban J connectivity index is 2.79. The summed E-state index contributed by atoms with van der Waals surface area (Å²) in [5.74, 6) is -2.23. The van der Waals surface area contributed by atoms with E-state index in [1.165, 1.54) is 0 Å². The summed E-state index contributed by atoms with van der Waals surface area (Å²) in [6.07, 6.45) is -4.30. The molecule has 2 N–H and O–H groups in total. The van der Waals surface area contributed by atoms with Gasteiger partial charge >= 0.3 is 12.1 Å². The average molecular weight is 311 g/mol. The molecule has 0 radical (unpaired) electrons. The van der Waals surface area contributed by atoms with Crippen molar-refractivity contribution in [3.63, 3.8) is 0 Å². The minimum Gasteiger partial charge on any atom is -0.481 e. The lowest BCUT2D eigenvalue weighted by molar-refractivity contribution is -0.144. The third kappa shape index (κ3) is 5.72. The van der Waals surface area contributed by atoms with E-state index >= 15 is 0 Å². The number of anilines is 1. The third-order valence-electron chi connectivity index (χ3n) is 2.29. The molecule has 0 aliphatic rings. The predicted molar refractivity (Wildman–Crippen MR) is 68.6 cm³/mol. The van der Waals surface area contributed by atoms with E-state index in [9.17, 15) is 18.0 Å². The van der Waals surface area contributed by atoms with Crippen LogP contribution in [0, 0.1) is 5.41 Å². The number of rotatable bonds is 5. The van der Waals surface area contributed by atoms with Gasteiger partial charge in [-0.1, -0.05) is 20.8 Å². The van der Waals surface area contributed by atoms with Crippen LogP contribution in [-0.2, 0) is 11.0 Å². The fraction of sp³-hybridized carbons (Fsp3) is 0.727. The van der Waals surface area contributed by atoms with Crippen LogP contribution in [0.1, 0.15) is 39.4 Å². The first-order valence-electron chi connectivity index (χ1n) is 5.86. The molecule has 0 aliphatic heterocycles. The Bertz CT molecular complexity index is 468. The zero-order valence-corrected chi connectivity index (χ0v) is 12.1. The molecule has 0 fully saturated rings. The topological polar surface area (TPSA) is 75.1 Å². The number of carboxylic acid groups (broad SMARTS) is 1. The van der Waals surface area contributed by atoms with Gasteiger partial charge in [0.15, 0.2) is 0 Å². The van der Waals surface area contributed by atoms with Gasteiger partial charge in [-0.2, -0.15) is 22.5 Å². The van der Waals surface area contributed by atoms with Crippen LogP contribution >= 0.6 is 11.5 Å². The first kappa shape index (κ1) is 16.7. The normalized spacial score (nSPS) is 14.1. The molecule has 1 rings (SSSR count). The van der Waals surface area contributed by atoms with E-state index in [2.05, 4.69) is 14.7 Å². The molecular weight excluding hydrogens is 295 g/mol. The second-order valence-electron chi connectivity index (χ2n) is 5.62. The number of hydrogen-bond acceptors (Lipinski definition) is 5. The SMILES string of the molecule is CC(C)(C)CC(CC(=O)O)Nc1nc(C(F)(F)F)ns1. The summed E-state index contributed by atoms with van der Waals surface area (Å²) in [6.45, 7) is 5.76. The van der Waals surface area contributed by atoms with Crippen molar-refractivity contribution in [3.05, 3.63) is 5.82 Å². The van der Waals surface area contributed by atoms with Crippen molar-refractivity contribution in [2.24, 2.45) is 5.41 Å². The van der Waals surface area contributed by atoms with E-state index in [1.807, 2.05) is 20.8 Å². The van der Waals surface area contributed by atoms with Crippen molar-refractivity contribution in [1.29, 1.82) is 0 Å². The van der Waals surface area contributed by atoms with Crippen molar-refractivity contribution < 1.29 is 23.1 Å². The van der Waals surface area contributed by atoms with Crippen LogP contribution in [0.15, 0.2) is 0 Å². The first-order valence-corrected chi connectivity index (χ1v) is 6.64. The molecule has 1 heterocycles. The van der Waals surface area contributed by atoms with Crippen LogP contribution < -0.4 is 5.32 Å². The lowest BCUT2D eigenvalue weighted by atomic mass is 9.87. The monoisotopic (exact) mass is 311 g/mol. The number of carboxylic acids is 1. The molecule has 0 bridgehead atoms. The van der Waals surface area contributed by atoms with Crippen molar-refractivity contribution in [2.75, 3.05) is 5.32 Å². The van der Waals surface area contributed by atoms with Crippen LogP contribution in [-0.4, -0.2) is 26.5 Å². The molecule has 1 unspecified atom stereocenters. The van der Waals surface area contributed by atoms with Crippen molar-refractivity contribution >= 4 is 22.6 Å². The highest BCUT2D eigenvalue weighted by molar-refractivity contribution is 7.09. The van der Waals surface area contributed by atoms with Crippen molar-refractivity contribution in [3.8, 4) is 0 Å². The van der Waals surface area contributed by atoms with Gasteiger partial charge in [0.25, 0.3) is 0 Å². The zero-order chi connectivity index (χ0) is 15.6. The van der Waals surface area contributed by atoms with E-state index in [0.717, 1.165) is 0 Å². The quantitative estimate of drug-likeness (QED) is 0.873. The minimum atomic E-state index is -4.59. The first-order chi connectivity index (χ1) is 8.97. The highest BCUT2D eigenvalue weighted by Crippen LogP contribution is 2.30. The number of aliphatic carboxylic acids is 1. The van der Waals surface area contributed by atoms with Gasteiger partial charge in [0.1, 0.15) is 0 Å². The molecule has 0 aliphatic carbocycles. The maximum absolute atomic E-state index is 12.4. The predicted octanol–water partition coefficient (Wildman–Crippen LogP) is 3.25. The van der Waals surface area contributed by atoms with E-state index in [-0.39, 0.29) is 17.0 Å². The van der Waals surface area contributed by atoms with Crippen LogP contribution in [0.5, 0.6) is 0 Å². The Kier molecular flexibility index (Phi) is 4.95. The molecule has 0 amide bonds. The maximum Gasteiger partial charge on any atom is 0.452 e. The standard InChI is InChI=1S/C11H16F3N3O2S/c1-10(2,3)5-6(4-7(18)19)15-9-16-8(17-20-9)11(12,13)14/h6H,4-5H2,1-3H3,(H,18,19)(H,15,16,17). The van der Waals surface area contributed by atoms with Crippen molar-refractivity contribution in [1.82, 2.24) is 9.36 Å². The van der Waals surface area contributed by atoms with E-state index in [1.54, 1.807) is 0 Å². The maximum atomic E-state index is 12.4. The molecule has 0 spiro atoms. The van der Waals surface area contributed by atoms with Gasteiger partial charge in [-0.15, -0.1) is 0 Å². The van der Waals surface area contributed by atoms with Gasteiger partial charge in [0.05, 0.1) is 6.42 Å². The molecule has 1 aromatic rings. The van der Waals surface area contributed by atoms with Gasteiger partial charge < -0.3 is 10.4 Å². The molecule has 20 heavy (non-hydrogen) atoms. The molecule has 114 valence electrons. The van der Waals surface area contributed by atoms with E-state index < -0.39 is 24.0 Å². The molecule has 0 saturated heterocycles. The zero-order valence-electron chi connectivity index (χ0n) is 11.3. The highest BCUT2D eigenvalue weighted by Gasteiger charge is 2.36. The Morgan fingerprint density at radius 1 is 1.40 bits per heavy atom. The fourth-order valence-corrected chi connectivity index (χ4v) is 2.36. The molecule has 1 aromatic heterocycles. The smallest absolute Gasteiger partial charge is 0.452 e. The Hall–Kier alpha value is -1.38. The van der Waals surface area contributed by atoms with Gasteiger partial charge in [-0.25, -0.2) is 0 Å². The largest absolute Gasteiger partial charge is 0.481 e. The number of nitrogens with one attached hydrogen (secondary N) is 1. The van der Waals surface area contributed by atoms with E-state index in [0.29, 0.717) is 18.0 Å². The van der Waals surface area contributed by atoms with Gasteiger partial charge in [-0.05, 0) is 11.8 Å². The minimum absolute atomic E-state index is 0.0205. The summed E-state index contributed by atoms with van der Waals surface area (Å²) in [6, 6.07) is -0.499. The molecule has 9 heteroatoms. The molecule has 5 nitrogen and oxygen atoms in total. The summed E-state index contributed by atoms with van der Waals surface area (Å²) < 4.78 is 40.4. The summed E-state index contributed by atoms with van der Waals surface area (Å²) in [5.41, 5.74) is -0.162. The number of aromatic nitrogens is 2. The van der Waals surface area contributed by atoms with Gasteiger partial charge in [-0.3, -0.25) is 4.79 Å². The van der Waals surface area contributed by atoms with Gasteiger partial charge in [0.2, 0.25) is 11.0 Å². The lowest BCUT2D eigenvalue weighted by Gasteiger charge is -2.25. The number of halogens is 3. The Morgan fingerprint density at radius 2 is 2.00 bits per heavy atom. The molecule has 0 saturated carbocycles.